The van der Waals surface area contributed by atoms with Gasteiger partial charge in [-0.15, -0.1) is 0 Å². The molecule has 0 fully saturated rings. The summed E-state index contributed by atoms with van der Waals surface area (Å²) in [6, 6.07) is 0. The Bertz CT molecular complexity index is 554. The minimum Gasteiger partial charge on any atom is -0.502 e. The Morgan fingerprint density at radius 3 is 2.18 bits per heavy atom. The maximum Gasteiger partial charge on any atom is 0.374 e. The first kappa shape index (κ1) is 25.3. The predicted octanol–water partition coefficient (Wildman–Crippen LogP) is 1.50. The van der Waals surface area contributed by atoms with Gasteiger partial charge in [-0.2, -0.15) is 0 Å². The molecule has 28 heavy (non-hydrogen) atoms. The van der Waals surface area contributed by atoms with Gasteiger partial charge in [0.25, 0.3) is 0 Å². The Morgan fingerprint density at radius 1 is 0.929 bits per heavy atom. The maximum absolute atomic E-state index is 11.7. The Hall–Kier alpha value is -2.68. The molecule has 0 rings (SSSR count). The first-order valence-electron chi connectivity index (χ1n) is 8.78. The molecule has 9 nitrogen and oxygen atoms in total. The standard InChI is InChI=1S/C19H28O9/c1-5-24-9-6-7-10-25-11-8-17(21)26-12-16(28-19(23)15(4)20)13-27-18(22)14(2)3/h5,16H,1-2,6-13H2,3-4H3. The van der Waals surface area contributed by atoms with Gasteiger partial charge in [-0.3, -0.25) is 9.59 Å². The number of unbranched alkanes of at least 4 members (excludes halogenated alkanes) is 1. The SMILES string of the molecule is C=COCCCCOCCC(=O)OCC(COC(=O)C(=C)C)OC(=O)C(C)=O. The monoisotopic (exact) mass is 400 g/mol. The van der Waals surface area contributed by atoms with Gasteiger partial charge in [-0.25, -0.2) is 9.59 Å². The van der Waals surface area contributed by atoms with Crippen molar-refractivity contribution in [3.8, 4) is 0 Å². The van der Waals surface area contributed by atoms with Crippen molar-refractivity contribution in [2.24, 2.45) is 0 Å². The Labute approximate surface area is 164 Å². The fourth-order valence-corrected chi connectivity index (χ4v) is 1.63. The fourth-order valence-electron chi connectivity index (χ4n) is 1.63. The second kappa shape index (κ2) is 15.4. The number of carbonyl (C=O) groups excluding carboxylic acids is 4. The second-order valence-electron chi connectivity index (χ2n) is 5.75. The van der Waals surface area contributed by atoms with Crippen molar-refractivity contribution in [3.63, 3.8) is 0 Å². The molecule has 1 unspecified atom stereocenters. The van der Waals surface area contributed by atoms with Crippen LogP contribution in [0.15, 0.2) is 25.0 Å². The summed E-state index contributed by atoms with van der Waals surface area (Å²) in [5, 5.41) is 0. The highest BCUT2D eigenvalue weighted by molar-refractivity contribution is 6.32. The average Bonchev–Trinajstić information content (AvgIpc) is 2.65. The van der Waals surface area contributed by atoms with E-state index in [0.29, 0.717) is 13.2 Å². The Morgan fingerprint density at radius 2 is 1.57 bits per heavy atom. The van der Waals surface area contributed by atoms with E-state index >= 15 is 0 Å². The summed E-state index contributed by atoms with van der Waals surface area (Å²) in [7, 11) is 0. The van der Waals surface area contributed by atoms with Crippen molar-refractivity contribution in [2.45, 2.75) is 39.2 Å². The fraction of sp³-hybridized carbons (Fsp3) is 0.579. The van der Waals surface area contributed by atoms with Crippen molar-refractivity contribution < 1.29 is 42.9 Å². The third-order valence-electron chi connectivity index (χ3n) is 3.11. The van der Waals surface area contributed by atoms with E-state index in [0.717, 1.165) is 19.8 Å². The highest BCUT2D eigenvalue weighted by atomic mass is 16.6. The van der Waals surface area contributed by atoms with Crippen LogP contribution in [0.2, 0.25) is 0 Å². The zero-order valence-corrected chi connectivity index (χ0v) is 16.4. The zero-order chi connectivity index (χ0) is 21.4. The van der Waals surface area contributed by atoms with E-state index in [-0.39, 0.29) is 31.8 Å². The molecular weight excluding hydrogens is 372 g/mol. The molecule has 0 heterocycles. The third kappa shape index (κ3) is 13.5. The van der Waals surface area contributed by atoms with Gasteiger partial charge in [0.2, 0.25) is 5.78 Å². The van der Waals surface area contributed by atoms with E-state index < -0.39 is 29.8 Å². The summed E-state index contributed by atoms with van der Waals surface area (Å²) in [4.78, 5) is 45.6. The van der Waals surface area contributed by atoms with Crippen LogP contribution < -0.4 is 0 Å². The lowest BCUT2D eigenvalue weighted by Crippen LogP contribution is -2.33. The number of Topliss-reactive ketones (excluding diaryl/α,β-unsaturated/α-hetero) is 1. The van der Waals surface area contributed by atoms with Gasteiger partial charge in [0.1, 0.15) is 13.2 Å². The molecule has 0 aliphatic heterocycles. The Balaban J connectivity index is 4.17. The van der Waals surface area contributed by atoms with Crippen LogP contribution in [-0.4, -0.2) is 62.8 Å². The van der Waals surface area contributed by atoms with Gasteiger partial charge in [-0.05, 0) is 19.8 Å². The van der Waals surface area contributed by atoms with Gasteiger partial charge in [0.05, 0.1) is 25.9 Å². The molecule has 0 aliphatic rings. The van der Waals surface area contributed by atoms with Crippen LogP contribution in [0.3, 0.4) is 0 Å². The third-order valence-corrected chi connectivity index (χ3v) is 3.11. The van der Waals surface area contributed by atoms with Crippen molar-refractivity contribution in [2.75, 3.05) is 33.0 Å². The number of hydrogen-bond donors (Lipinski definition) is 0. The topological polar surface area (TPSA) is 114 Å². The number of ether oxygens (including phenoxy) is 5. The van der Waals surface area contributed by atoms with Crippen LogP contribution in [0.5, 0.6) is 0 Å². The first-order chi connectivity index (χ1) is 13.3. The number of esters is 3. The molecule has 0 saturated carbocycles. The van der Waals surface area contributed by atoms with Gasteiger partial charge >= 0.3 is 17.9 Å². The number of carbonyl (C=O) groups is 4. The van der Waals surface area contributed by atoms with Crippen LogP contribution in [-0.2, 0) is 42.9 Å². The van der Waals surface area contributed by atoms with E-state index in [1.165, 1.54) is 13.2 Å². The van der Waals surface area contributed by atoms with E-state index in [1.807, 2.05) is 0 Å². The molecule has 0 aromatic rings. The summed E-state index contributed by atoms with van der Waals surface area (Å²) < 4.78 is 25.0. The van der Waals surface area contributed by atoms with Crippen LogP contribution >= 0.6 is 0 Å². The quantitative estimate of drug-likeness (QED) is 0.0949. The van der Waals surface area contributed by atoms with E-state index in [1.54, 1.807) is 0 Å². The van der Waals surface area contributed by atoms with Crippen LogP contribution in [0, 0.1) is 0 Å². The number of ketones is 1. The molecular formula is C19H28O9. The lowest BCUT2D eigenvalue weighted by atomic mass is 10.3. The van der Waals surface area contributed by atoms with E-state index in [2.05, 4.69) is 13.2 Å². The molecule has 0 aliphatic carbocycles. The molecule has 0 spiro atoms. The van der Waals surface area contributed by atoms with E-state index in [9.17, 15) is 19.2 Å². The van der Waals surface area contributed by atoms with Gasteiger partial charge in [0.15, 0.2) is 6.10 Å². The van der Waals surface area contributed by atoms with Crippen LogP contribution in [0.25, 0.3) is 0 Å². The summed E-state index contributed by atoms with van der Waals surface area (Å²) in [6.45, 7) is 9.81. The highest BCUT2D eigenvalue weighted by Crippen LogP contribution is 2.02. The van der Waals surface area contributed by atoms with Crippen molar-refractivity contribution in [1.29, 1.82) is 0 Å². The summed E-state index contributed by atoms with van der Waals surface area (Å²) >= 11 is 0. The van der Waals surface area contributed by atoms with Crippen LogP contribution in [0.4, 0.5) is 0 Å². The normalized spacial score (nSPS) is 11.1. The maximum atomic E-state index is 11.7. The largest absolute Gasteiger partial charge is 0.502 e. The minimum absolute atomic E-state index is 0.00207. The summed E-state index contributed by atoms with van der Waals surface area (Å²) in [5.41, 5.74) is 0.154. The average molecular weight is 400 g/mol. The molecule has 0 radical (unpaired) electrons. The molecule has 0 amide bonds. The molecule has 0 bridgehead atoms. The first-order valence-corrected chi connectivity index (χ1v) is 8.78. The van der Waals surface area contributed by atoms with Gasteiger partial charge < -0.3 is 23.7 Å². The lowest BCUT2D eigenvalue weighted by molar-refractivity contribution is -0.168. The van der Waals surface area contributed by atoms with Crippen molar-refractivity contribution in [3.05, 3.63) is 25.0 Å². The summed E-state index contributed by atoms with van der Waals surface area (Å²) in [5.74, 6) is -3.21. The molecule has 0 saturated heterocycles. The predicted molar refractivity (Wildman–Crippen MR) is 98.1 cm³/mol. The van der Waals surface area contributed by atoms with Crippen molar-refractivity contribution >= 4 is 23.7 Å². The number of rotatable bonds is 16. The highest BCUT2D eigenvalue weighted by Gasteiger charge is 2.21. The molecule has 0 aromatic heterocycles. The number of hydrogen-bond acceptors (Lipinski definition) is 9. The van der Waals surface area contributed by atoms with Gasteiger partial charge in [-0.1, -0.05) is 13.2 Å². The second-order valence-corrected chi connectivity index (χ2v) is 5.75. The van der Waals surface area contributed by atoms with Gasteiger partial charge in [0, 0.05) is 19.1 Å². The molecule has 1 atom stereocenters. The molecule has 0 N–H and O–H groups in total. The lowest BCUT2D eigenvalue weighted by Gasteiger charge is -2.17. The van der Waals surface area contributed by atoms with Crippen molar-refractivity contribution in [1.82, 2.24) is 0 Å². The molecule has 0 aromatic carbocycles. The summed E-state index contributed by atoms with van der Waals surface area (Å²) in [6.07, 6.45) is 1.86. The smallest absolute Gasteiger partial charge is 0.374 e. The molecule has 9 heteroatoms. The molecule has 158 valence electrons. The van der Waals surface area contributed by atoms with E-state index in [4.69, 9.17) is 23.7 Å². The zero-order valence-electron chi connectivity index (χ0n) is 16.4. The minimum atomic E-state index is -1.11. The Kier molecular flexibility index (Phi) is 13.9. The van der Waals surface area contributed by atoms with Crippen LogP contribution in [0.1, 0.15) is 33.1 Å².